The summed E-state index contributed by atoms with van der Waals surface area (Å²) in [6.45, 7) is 7.18. The van der Waals surface area contributed by atoms with E-state index in [9.17, 15) is 0 Å². The van der Waals surface area contributed by atoms with Crippen molar-refractivity contribution in [3.05, 3.63) is 12.7 Å². The Hall–Kier alpha value is -0.300. The van der Waals surface area contributed by atoms with Gasteiger partial charge in [-0.1, -0.05) is 45.1 Å². The third-order valence-corrected chi connectivity index (χ3v) is 4.11. The van der Waals surface area contributed by atoms with Crippen LogP contribution >= 0.6 is 0 Å². The lowest BCUT2D eigenvalue weighted by Crippen LogP contribution is -2.36. The average Bonchev–Trinajstić information content (AvgIpc) is 2.28. The fourth-order valence-electron chi connectivity index (χ4n) is 3.14. The van der Waals surface area contributed by atoms with Gasteiger partial charge in [-0.15, -0.1) is 6.58 Å². The molecule has 0 amide bonds. The second-order valence-corrected chi connectivity index (χ2v) is 5.49. The van der Waals surface area contributed by atoms with Crippen molar-refractivity contribution >= 4 is 0 Å². The van der Waals surface area contributed by atoms with E-state index < -0.39 is 0 Å². The van der Waals surface area contributed by atoms with Crippen LogP contribution in [0, 0.1) is 5.92 Å². The zero-order valence-corrected chi connectivity index (χ0v) is 11.7. The summed E-state index contributed by atoms with van der Waals surface area (Å²) in [5, 5.41) is 3.73. The van der Waals surface area contributed by atoms with Gasteiger partial charge in [-0.05, 0) is 44.6 Å². The smallest absolute Gasteiger partial charge is 0.00953 e. The molecule has 0 radical (unpaired) electrons. The third kappa shape index (κ3) is 6.26. The molecule has 1 aliphatic rings. The van der Waals surface area contributed by atoms with Crippen LogP contribution in [0.15, 0.2) is 12.7 Å². The van der Waals surface area contributed by atoms with Gasteiger partial charge in [-0.3, -0.25) is 0 Å². The molecule has 0 heterocycles. The zero-order chi connectivity index (χ0) is 12.3. The molecule has 0 aromatic carbocycles. The van der Waals surface area contributed by atoms with E-state index in [4.69, 9.17) is 0 Å². The number of hydrogen-bond acceptors (Lipinski definition) is 1. The second kappa shape index (κ2) is 9.70. The first-order valence-corrected chi connectivity index (χ1v) is 7.72. The van der Waals surface area contributed by atoms with Gasteiger partial charge in [0.25, 0.3) is 0 Å². The molecule has 1 heteroatoms. The van der Waals surface area contributed by atoms with Gasteiger partial charge in [0.1, 0.15) is 0 Å². The zero-order valence-electron chi connectivity index (χ0n) is 11.7. The molecule has 0 aliphatic heterocycles. The van der Waals surface area contributed by atoms with Gasteiger partial charge in [0, 0.05) is 6.04 Å². The summed E-state index contributed by atoms with van der Waals surface area (Å²) in [5.74, 6) is 0.931. The van der Waals surface area contributed by atoms with Gasteiger partial charge in [0.2, 0.25) is 0 Å². The summed E-state index contributed by atoms with van der Waals surface area (Å²) < 4.78 is 0. The van der Waals surface area contributed by atoms with E-state index in [0.717, 1.165) is 18.5 Å². The fourth-order valence-corrected chi connectivity index (χ4v) is 3.14. The van der Waals surface area contributed by atoms with Crippen molar-refractivity contribution in [1.82, 2.24) is 5.32 Å². The molecule has 0 bridgehead atoms. The van der Waals surface area contributed by atoms with E-state index in [1.807, 2.05) is 0 Å². The molecule has 1 rings (SSSR count). The van der Waals surface area contributed by atoms with E-state index in [1.54, 1.807) is 0 Å². The van der Waals surface area contributed by atoms with Crippen LogP contribution in [-0.4, -0.2) is 12.6 Å². The quantitative estimate of drug-likeness (QED) is 0.501. The minimum absolute atomic E-state index is 0.762. The molecule has 1 nitrogen and oxygen atoms in total. The third-order valence-electron chi connectivity index (χ3n) is 4.11. The van der Waals surface area contributed by atoms with Crippen molar-refractivity contribution in [1.29, 1.82) is 0 Å². The molecule has 1 fully saturated rings. The highest BCUT2D eigenvalue weighted by atomic mass is 14.9. The Kier molecular flexibility index (Phi) is 8.42. The maximum atomic E-state index is 3.82. The molecule has 100 valence electrons. The van der Waals surface area contributed by atoms with E-state index >= 15 is 0 Å². The molecule has 0 saturated heterocycles. The lowest BCUT2D eigenvalue weighted by molar-refractivity contribution is 0.273. The first-order valence-electron chi connectivity index (χ1n) is 7.72. The number of allylic oxidation sites excluding steroid dienone is 1. The first kappa shape index (κ1) is 14.8. The molecule has 1 unspecified atom stereocenters. The Morgan fingerprint density at radius 1 is 1.18 bits per heavy atom. The Balaban J connectivity index is 2.38. The molecule has 1 saturated carbocycles. The Labute approximate surface area is 108 Å². The number of nitrogens with one attached hydrogen (secondary N) is 1. The fraction of sp³-hybridized carbons (Fsp3) is 0.875. The van der Waals surface area contributed by atoms with E-state index in [-0.39, 0.29) is 0 Å². The minimum Gasteiger partial charge on any atom is -0.314 e. The van der Waals surface area contributed by atoms with Gasteiger partial charge >= 0.3 is 0 Å². The van der Waals surface area contributed by atoms with Crippen LogP contribution in [0.1, 0.15) is 71.1 Å². The average molecular weight is 237 g/mol. The summed E-state index contributed by atoms with van der Waals surface area (Å²) >= 11 is 0. The molecular formula is C16H31N. The topological polar surface area (TPSA) is 12.0 Å². The van der Waals surface area contributed by atoms with Crippen molar-refractivity contribution in [3.63, 3.8) is 0 Å². The molecule has 1 N–H and O–H groups in total. The van der Waals surface area contributed by atoms with Crippen LogP contribution in [0.2, 0.25) is 0 Å². The summed E-state index contributed by atoms with van der Waals surface area (Å²) in [6.07, 6.45) is 16.1. The first-order chi connectivity index (χ1) is 8.38. The minimum atomic E-state index is 0.762. The van der Waals surface area contributed by atoms with Crippen LogP contribution in [0.25, 0.3) is 0 Å². The Bertz CT molecular complexity index is 180. The van der Waals surface area contributed by atoms with Gasteiger partial charge in [0.05, 0.1) is 0 Å². The number of hydrogen-bond donors (Lipinski definition) is 1. The van der Waals surface area contributed by atoms with Gasteiger partial charge in [-0.2, -0.15) is 0 Å². The SMILES string of the molecule is C=CCCCC(NCC)C1CCCCCCC1. The Morgan fingerprint density at radius 3 is 2.41 bits per heavy atom. The Morgan fingerprint density at radius 2 is 1.82 bits per heavy atom. The highest BCUT2D eigenvalue weighted by Gasteiger charge is 2.20. The summed E-state index contributed by atoms with van der Waals surface area (Å²) in [6, 6.07) is 0.762. The predicted molar refractivity (Wildman–Crippen MR) is 77.3 cm³/mol. The summed E-state index contributed by atoms with van der Waals surface area (Å²) in [7, 11) is 0. The van der Waals surface area contributed by atoms with E-state index in [2.05, 4.69) is 24.9 Å². The maximum Gasteiger partial charge on any atom is 0.00953 e. The van der Waals surface area contributed by atoms with E-state index in [0.29, 0.717) is 0 Å². The largest absolute Gasteiger partial charge is 0.314 e. The molecule has 1 aliphatic carbocycles. The van der Waals surface area contributed by atoms with Crippen molar-refractivity contribution in [2.75, 3.05) is 6.54 Å². The maximum absolute atomic E-state index is 3.82. The van der Waals surface area contributed by atoms with Crippen LogP contribution < -0.4 is 5.32 Å². The molecular weight excluding hydrogens is 206 g/mol. The molecule has 0 aromatic rings. The van der Waals surface area contributed by atoms with E-state index in [1.165, 1.54) is 64.2 Å². The van der Waals surface area contributed by atoms with Crippen LogP contribution in [0.4, 0.5) is 0 Å². The lowest BCUT2D eigenvalue weighted by atomic mass is 9.84. The second-order valence-electron chi connectivity index (χ2n) is 5.49. The monoisotopic (exact) mass is 237 g/mol. The lowest BCUT2D eigenvalue weighted by Gasteiger charge is -2.29. The highest BCUT2D eigenvalue weighted by Crippen LogP contribution is 2.27. The molecule has 0 spiro atoms. The predicted octanol–water partition coefficient (Wildman–Crippen LogP) is 4.68. The van der Waals surface area contributed by atoms with Crippen molar-refractivity contribution in [3.8, 4) is 0 Å². The normalized spacial score (nSPS) is 20.5. The highest BCUT2D eigenvalue weighted by molar-refractivity contribution is 4.79. The summed E-state index contributed by atoms with van der Waals surface area (Å²) in [5.41, 5.74) is 0. The number of rotatable bonds is 7. The van der Waals surface area contributed by atoms with Crippen molar-refractivity contribution in [2.24, 2.45) is 5.92 Å². The van der Waals surface area contributed by atoms with Crippen LogP contribution in [-0.2, 0) is 0 Å². The van der Waals surface area contributed by atoms with Gasteiger partial charge in [-0.25, -0.2) is 0 Å². The number of unbranched alkanes of at least 4 members (excludes halogenated alkanes) is 1. The standard InChI is InChI=1S/C16H31N/c1-3-5-9-14-16(17-4-2)15-12-10-7-6-8-11-13-15/h3,15-17H,1,4-14H2,2H3. The van der Waals surface area contributed by atoms with Crippen LogP contribution in [0.3, 0.4) is 0 Å². The van der Waals surface area contributed by atoms with Crippen molar-refractivity contribution < 1.29 is 0 Å². The summed E-state index contributed by atoms with van der Waals surface area (Å²) in [4.78, 5) is 0. The van der Waals surface area contributed by atoms with Crippen molar-refractivity contribution in [2.45, 2.75) is 77.2 Å². The molecule has 17 heavy (non-hydrogen) atoms. The van der Waals surface area contributed by atoms with Gasteiger partial charge in [0.15, 0.2) is 0 Å². The van der Waals surface area contributed by atoms with Crippen LogP contribution in [0.5, 0.6) is 0 Å². The van der Waals surface area contributed by atoms with Gasteiger partial charge < -0.3 is 5.32 Å². The molecule has 1 atom stereocenters. The molecule has 0 aromatic heterocycles.